The fourth-order valence-electron chi connectivity index (χ4n) is 3.06. The zero-order valence-electron chi connectivity index (χ0n) is 16.5. The van der Waals surface area contributed by atoms with Gasteiger partial charge in [0.2, 0.25) is 5.91 Å². The summed E-state index contributed by atoms with van der Waals surface area (Å²) >= 11 is 0. The van der Waals surface area contributed by atoms with Crippen molar-refractivity contribution < 1.29 is 32.7 Å². The van der Waals surface area contributed by atoms with E-state index in [2.05, 4.69) is 15.4 Å². The molecule has 0 aliphatic carbocycles. The van der Waals surface area contributed by atoms with Crippen molar-refractivity contribution in [3.63, 3.8) is 0 Å². The molecule has 1 fully saturated rings. The highest BCUT2D eigenvalue weighted by molar-refractivity contribution is 6.09. The van der Waals surface area contributed by atoms with Crippen LogP contribution in [0.1, 0.15) is 32.8 Å². The Hall–Kier alpha value is -3.04. The highest BCUT2D eigenvalue weighted by atomic mass is 19.1. The zero-order valence-corrected chi connectivity index (χ0v) is 16.5. The van der Waals surface area contributed by atoms with E-state index in [9.17, 15) is 28.0 Å². The second-order valence-corrected chi connectivity index (χ2v) is 7.02. The third-order valence-corrected chi connectivity index (χ3v) is 5.03. The number of carbonyl (C=O) groups is 4. The van der Waals surface area contributed by atoms with Gasteiger partial charge in [0.05, 0.1) is 7.11 Å². The van der Waals surface area contributed by atoms with E-state index < -0.39 is 53.6 Å². The molecule has 0 bridgehead atoms. The Morgan fingerprint density at radius 2 is 1.97 bits per heavy atom. The predicted molar refractivity (Wildman–Crippen MR) is 97.4 cm³/mol. The fraction of sp³-hybridized carbons (Fsp3) is 0.474. The number of hydrogen-bond donors (Lipinski definition) is 2. The van der Waals surface area contributed by atoms with Crippen LogP contribution in [0.15, 0.2) is 18.2 Å². The number of nitrogens with zero attached hydrogens (tertiary/aromatic N) is 1. The first kappa shape index (κ1) is 22.3. The van der Waals surface area contributed by atoms with E-state index in [1.54, 1.807) is 6.92 Å². The van der Waals surface area contributed by atoms with Gasteiger partial charge in [-0.3, -0.25) is 14.5 Å². The number of esters is 1. The Bertz CT molecular complexity index is 847. The number of imide groups is 1. The summed E-state index contributed by atoms with van der Waals surface area (Å²) in [5.41, 5.74) is -2.23. The molecular formula is C19H23F2N3O5. The van der Waals surface area contributed by atoms with Crippen LogP contribution in [-0.2, 0) is 24.7 Å². The van der Waals surface area contributed by atoms with Crippen LogP contribution in [-0.4, -0.2) is 48.4 Å². The third-order valence-electron chi connectivity index (χ3n) is 5.03. The quantitative estimate of drug-likeness (QED) is 0.522. The van der Waals surface area contributed by atoms with Crippen molar-refractivity contribution in [1.82, 2.24) is 15.5 Å². The van der Waals surface area contributed by atoms with Crippen LogP contribution in [0.5, 0.6) is 0 Å². The number of rotatable bonds is 7. The van der Waals surface area contributed by atoms with E-state index in [0.29, 0.717) is 11.3 Å². The Morgan fingerprint density at radius 1 is 1.31 bits per heavy atom. The summed E-state index contributed by atoms with van der Waals surface area (Å²) in [6, 6.07) is 0.654. The molecular weight excluding hydrogens is 388 g/mol. The molecule has 29 heavy (non-hydrogen) atoms. The first-order valence-corrected chi connectivity index (χ1v) is 9.02. The van der Waals surface area contributed by atoms with Gasteiger partial charge in [-0.2, -0.15) is 0 Å². The Labute approximate surface area is 166 Å². The van der Waals surface area contributed by atoms with Gasteiger partial charge in [-0.05, 0) is 31.0 Å². The lowest BCUT2D eigenvalue weighted by Crippen LogP contribution is -2.50. The molecule has 1 aliphatic heterocycles. The number of amides is 4. The average Bonchev–Trinajstić information content (AvgIpc) is 2.90. The van der Waals surface area contributed by atoms with Crippen molar-refractivity contribution in [3.8, 4) is 0 Å². The van der Waals surface area contributed by atoms with Gasteiger partial charge >= 0.3 is 12.0 Å². The van der Waals surface area contributed by atoms with Gasteiger partial charge in [-0.15, -0.1) is 0 Å². The molecule has 0 spiro atoms. The molecule has 1 saturated heterocycles. The van der Waals surface area contributed by atoms with Crippen molar-refractivity contribution in [2.75, 3.05) is 13.7 Å². The van der Waals surface area contributed by atoms with Crippen LogP contribution in [0.4, 0.5) is 13.6 Å². The second-order valence-electron chi connectivity index (χ2n) is 7.02. The minimum Gasteiger partial charge on any atom is -0.467 e. The highest BCUT2D eigenvalue weighted by Crippen LogP contribution is 2.31. The minimum atomic E-state index is -1.87. The van der Waals surface area contributed by atoms with Gasteiger partial charge < -0.3 is 15.4 Å². The monoisotopic (exact) mass is 411 g/mol. The van der Waals surface area contributed by atoms with E-state index in [-0.39, 0.29) is 11.5 Å². The summed E-state index contributed by atoms with van der Waals surface area (Å²) in [6.45, 7) is 4.09. The summed E-state index contributed by atoms with van der Waals surface area (Å²) in [5.74, 6) is -4.25. The number of benzene rings is 1. The van der Waals surface area contributed by atoms with Crippen LogP contribution in [0.2, 0.25) is 0 Å². The normalized spacial score (nSPS) is 20.8. The van der Waals surface area contributed by atoms with Crippen molar-refractivity contribution in [3.05, 3.63) is 35.4 Å². The number of carbonyl (C=O) groups excluding carboxylic acids is 4. The predicted octanol–water partition coefficient (Wildman–Crippen LogP) is 1.44. The third kappa shape index (κ3) is 4.36. The van der Waals surface area contributed by atoms with E-state index >= 15 is 0 Å². The summed E-state index contributed by atoms with van der Waals surface area (Å²) in [6.07, 6.45) is 0.570. The maximum Gasteiger partial charge on any atom is 0.328 e. The van der Waals surface area contributed by atoms with Crippen LogP contribution >= 0.6 is 0 Å². The standard InChI is InChI=1S/C19H23F2N3O5/c1-5-10(2)15(16(26)29-4)22-14(25)9-24-17(27)19(3,23-18(24)28)12-8-11(20)6-7-13(12)21/h6-8,10,15H,5,9H2,1-4H3,(H,22,25)(H,23,28)/t10-,15-,19-/m1/s1. The molecule has 0 saturated carbocycles. The minimum absolute atomic E-state index is 0.249. The van der Waals surface area contributed by atoms with Crippen molar-refractivity contribution in [1.29, 1.82) is 0 Å². The number of urea groups is 1. The topological polar surface area (TPSA) is 105 Å². The molecule has 0 radical (unpaired) electrons. The van der Waals surface area contributed by atoms with E-state index in [1.807, 2.05) is 6.92 Å². The van der Waals surface area contributed by atoms with Crippen LogP contribution < -0.4 is 10.6 Å². The number of nitrogens with one attached hydrogen (secondary N) is 2. The summed E-state index contributed by atoms with van der Waals surface area (Å²) < 4.78 is 32.4. The number of methoxy groups -OCH3 is 1. The molecule has 0 unspecified atom stereocenters. The van der Waals surface area contributed by atoms with Crippen LogP contribution in [0, 0.1) is 17.6 Å². The number of halogens is 2. The van der Waals surface area contributed by atoms with Gasteiger partial charge in [0.25, 0.3) is 5.91 Å². The molecule has 2 N–H and O–H groups in total. The molecule has 1 heterocycles. The molecule has 0 aromatic heterocycles. The molecule has 1 aliphatic rings. The second kappa shape index (κ2) is 8.54. The first-order valence-electron chi connectivity index (χ1n) is 9.02. The fourth-order valence-corrected chi connectivity index (χ4v) is 3.06. The Morgan fingerprint density at radius 3 is 2.55 bits per heavy atom. The van der Waals surface area contributed by atoms with Gasteiger partial charge in [0, 0.05) is 5.56 Å². The molecule has 4 amide bonds. The largest absolute Gasteiger partial charge is 0.467 e. The molecule has 1 aromatic rings. The maximum absolute atomic E-state index is 14.2. The van der Waals surface area contributed by atoms with Crippen LogP contribution in [0.3, 0.4) is 0 Å². The average molecular weight is 411 g/mol. The Balaban J connectivity index is 2.20. The highest BCUT2D eigenvalue weighted by Gasteiger charge is 2.51. The summed E-state index contributed by atoms with van der Waals surface area (Å²) in [4.78, 5) is 49.9. The Kier molecular flexibility index (Phi) is 6.55. The van der Waals surface area contributed by atoms with Gasteiger partial charge in [-0.25, -0.2) is 18.4 Å². The smallest absolute Gasteiger partial charge is 0.328 e. The molecule has 2 rings (SSSR count). The van der Waals surface area contributed by atoms with Gasteiger partial charge in [0.1, 0.15) is 29.8 Å². The van der Waals surface area contributed by atoms with Crippen molar-refractivity contribution in [2.24, 2.45) is 5.92 Å². The molecule has 1 aromatic carbocycles. The molecule has 8 nitrogen and oxygen atoms in total. The lowest BCUT2D eigenvalue weighted by atomic mass is 9.91. The van der Waals surface area contributed by atoms with E-state index in [4.69, 9.17) is 0 Å². The van der Waals surface area contributed by atoms with E-state index in [1.165, 1.54) is 14.0 Å². The maximum atomic E-state index is 14.2. The lowest BCUT2D eigenvalue weighted by molar-refractivity contribution is -0.146. The summed E-state index contributed by atoms with van der Waals surface area (Å²) in [5, 5.41) is 4.75. The van der Waals surface area contributed by atoms with Gasteiger partial charge in [0.15, 0.2) is 0 Å². The first-order chi connectivity index (χ1) is 13.5. The summed E-state index contributed by atoms with van der Waals surface area (Å²) in [7, 11) is 1.18. The van der Waals surface area contributed by atoms with Crippen LogP contribution in [0.25, 0.3) is 0 Å². The zero-order chi connectivity index (χ0) is 21.9. The molecule has 158 valence electrons. The SMILES string of the molecule is CC[C@@H](C)[C@@H](NC(=O)CN1C(=O)N[C@](C)(c2cc(F)ccc2F)C1=O)C(=O)OC. The number of ether oxygens (including phenoxy) is 1. The molecule has 3 atom stereocenters. The lowest BCUT2D eigenvalue weighted by Gasteiger charge is -2.24. The number of hydrogen-bond acceptors (Lipinski definition) is 5. The van der Waals surface area contributed by atoms with Crippen molar-refractivity contribution >= 4 is 23.8 Å². The molecule has 10 heteroatoms. The van der Waals surface area contributed by atoms with Crippen molar-refractivity contribution in [2.45, 2.75) is 38.8 Å². The van der Waals surface area contributed by atoms with E-state index in [0.717, 1.165) is 18.2 Å². The van der Waals surface area contributed by atoms with Gasteiger partial charge in [-0.1, -0.05) is 20.3 Å².